The van der Waals surface area contributed by atoms with Gasteiger partial charge in [0.05, 0.1) is 6.61 Å². The molecule has 0 saturated heterocycles. The molecule has 0 amide bonds. The van der Waals surface area contributed by atoms with Crippen molar-refractivity contribution in [3.05, 3.63) is 12.2 Å². The predicted octanol–water partition coefficient (Wildman–Crippen LogP) is 1.97. The van der Waals surface area contributed by atoms with Gasteiger partial charge < -0.3 is 5.11 Å². The van der Waals surface area contributed by atoms with Crippen LogP contribution >= 0.6 is 0 Å². The molecule has 10 heavy (non-hydrogen) atoms. The minimum absolute atomic E-state index is 0.0486. The van der Waals surface area contributed by atoms with Gasteiger partial charge >= 0.3 is 0 Å². The third-order valence-electron chi connectivity index (χ3n) is 3.00. The van der Waals surface area contributed by atoms with E-state index in [4.69, 9.17) is 5.11 Å². The molecule has 0 aromatic rings. The van der Waals surface area contributed by atoms with Crippen LogP contribution in [-0.4, -0.2) is 11.7 Å². The molecule has 1 heteroatoms. The second-order valence-electron chi connectivity index (χ2n) is 4.08. The van der Waals surface area contributed by atoms with Gasteiger partial charge in [0.15, 0.2) is 0 Å². The van der Waals surface area contributed by atoms with Gasteiger partial charge in [0.25, 0.3) is 0 Å². The van der Waals surface area contributed by atoms with E-state index in [9.17, 15) is 0 Å². The number of rotatable bonds is 2. The van der Waals surface area contributed by atoms with E-state index in [2.05, 4.69) is 20.4 Å². The lowest BCUT2D eigenvalue weighted by atomic mass is 9.90. The number of aliphatic hydroxyl groups is 1. The highest BCUT2D eigenvalue weighted by Crippen LogP contribution is 2.66. The van der Waals surface area contributed by atoms with Crippen LogP contribution in [0.15, 0.2) is 12.2 Å². The van der Waals surface area contributed by atoms with Gasteiger partial charge in [0.2, 0.25) is 0 Å². The molecule has 0 spiro atoms. The molecular weight excluding hydrogens is 124 g/mol. The summed E-state index contributed by atoms with van der Waals surface area (Å²) in [5.41, 5.74) is 1.46. The summed E-state index contributed by atoms with van der Waals surface area (Å²) in [6.07, 6.45) is 1.09. The lowest BCUT2D eigenvalue weighted by Crippen LogP contribution is -2.14. The highest BCUT2D eigenvalue weighted by atomic mass is 16.3. The minimum atomic E-state index is 0.0486. The van der Waals surface area contributed by atoms with Gasteiger partial charge in [-0.15, -0.1) is 0 Å². The summed E-state index contributed by atoms with van der Waals surface area (Å²) in [7, 11) is 0. The lowest BCUT2D eigenvalue weighted by Gasteiger charge is -2.17. The topological polar surface area (TPSA) is 20.2 Å². The average molecular weight is 140 g/mol. The maximum Gasteiger partial charge on any atom is 0.0529 e. The minimum Gasteiger partial charge on any atom is -0.395 e. The van der Waals surface area contributed by atoms with Gasteiger partial charge in [-0.25, -0.2) is 0 Å². The van der Waals surface area contributed by atoms with E-state index in [0.29, 0.717) is 0 Å². The largest absolute Gasteiger partial charge is 0.395 e. The van der Waals surface area contributed by atoms with Crippen LogP contribution in [0.5, 0.6) is 0 Å². The summed E-state index contributed by atoms with van der Waals surface area (Å²) < 4.78 is 0. The Morgan fingerprint density at radius 2 is 2.00 bits per heavy atom. The van der Waals surface area contributed by atoms with Crippen LogP contribution in [0.1, 0.15) is 27.2 Å². The second kappa shape index (κ2) is 1.85. The van der Waals surface area contributed by atoms with E-state index in [-0.39, 0.29) is 17.4 Å². The number of hydrogen-bond acceptors (Lipinski definition) is 1. The van der Waals surface area contributed by atoms with Crippen molar-refractivity contribution in [2.24, 2.45) is 10.8 Å². The molecule has 1 aliphatic carbocycles. The van der Waals surface area contributed by atoms with Crippen molar-refractivity contribution in [2.75, 3.05) is 6.61 Å². The van der Waals surface area contributed by atoms with Gasteiger partial charge in [-0.3, -0.25) is 0 Å². The zero-order chi connectivity index (χ0) is 7.99. The van der Waals surface area contributed by atoms with E-state index in [1.165, 1.54) is 0 Å². The van der Waals surface area contributed by atoms with Crippen LogP contribution in [0.4, 0.5) is 0 Å². The predicted molar refractivity (Wildman–Crippen MR) is 42.7 cm³/mol. The molecular formula is C9H16O. The Kier molecular flexibility index (Phi) is 1.44. The van der Waals surface area contributed by atoms with Crippen LogP contribution in [0.25, 0.3) is 0 Å². The summed E-state index contributed by atoms with van der Waals surface area (Å²) >= 11 is 0. The van der Waals surface area contributed by atoms with Gasteiger partial charge in [0, 0.05) is 5.41 Å². The molecule has 1 unspecified atom stereocenters. The van der Waals surface area contributed by atoms with Crippen molar-refractivity contribution >= 4 is 0 Å². The molecule has 1 rings (SSSR count). The first-order chi connectivity index (χ1) is 4.46. The van der Waals surface area contributed by atoms with E-state index < -0.39 is 0 Å². The molecule has 1 nitrogen and oxygen atoms in total. The Balaban J connectivity index is 2.78. The van der Waals surface area contributed by atoms with Crippen molar-refractivity contribution in [1.29, 1.82) is 0 Å². The third-order valence-corrected chi connectivity index (χ3v) is 3.00. The molecule has 0 aromatic heterocycles. The molecule has 1 atom stereocenters. The maximum absolute atomic E-state index is 9.10. The van der Waals surface area contributed by atoms with Crippen molar-refractivity contribution in [2.45, 2.75) is 27.2 Å². The normalized spacial score (nSPS) is 35.6. The number of hydrogen-bond donors (Lipinski definition) is 1. The molecule has 1 N–H and O–H groups in total. The molecule has 1 saturated carbocycles. The summed E-state index contributed by atoms with van der Waals surface area (Å²) in [4.78, 5) is 0. The molecule has 0 radical (unpaired) electrons. The van der Waals surface area contributed by atoms with E-state index in [0.717, 1.165) is 12.0 Å². The average Bonchev–Trinajstić information content (AvgIpc) is 2.35. The quantitative estimate of drug-likeness (QED) is 0.581. The van der Waals surface area contributed by atoms with E-state index >= 15 is 0 Å². The fourth-order valence-electron chi connectivity index (χ4n) is 1.84. The second-order valence-corrected chi connectivity index (χ2v) is 4.08. The van der Waals surface area contributed by atoms with Gasteiger partial charge in [-0.1, -0.05) is 26.0 Å². The highest BCUT2D eigenvalue weighted by Gasteiger charge is 2.60. The molecule has 0 bridgehead atoms. The van der Waals surface area contributed by atoms with Crippen LogP contribution in [-0.2, 0) is 0 Å². The Labute approximate surface area is 62.8 Å². The van der Waals surface area contributed by atoms with Gasteiger partial charge in [-0.2, -0.15) is 0 Å². The fourth-order valence-corrected chi connectivity index (χ4v) is 1.84. The van der Waals surface area contributed by atoms with Crippen LogP contribution in [0.2, 0.25) is 0 Å². The van der Waals surface area contributed by atoms with E-state index in [1.807, 2.05) is 6.92 Å². The summed E-state index contributed by atoms with van der Waals surface area (Å²) in [5, 5.41) is 9.10. The first-order valence-corrected chi connectivity index (χ1v) is 3.73. The molecule has 0 aliphatic heterocycles. The summed E-state index contributed by atoms with van der Waals surface area (Å²) in [6, 6.07) is 0. The molecule has 58 valence electrons. The van der Waals surface area contributed by atoms with Crippen molar-refractivity contribution < 1.29 is 5.11 Å². The molecule has 1 aliphatic rings. The molecule has 0 aromatic carbocycles. The highest BCUT2D eigenvalue weighted by molar-refractivity contribution is 5.25. The van der Waals surface area contributed by atoms with Crippen LogP contribution < -0.4 is 0 Å². The molecule has 0 heterocycles. The Hall–Kier alpha value is -0.300. The standard InChI is InChI=1S/C9H16O/c1-7(2)9(6-10)5-8(9,3)4/h10H,1,5-6H2,2-4H3. The first kappa shape index (κ1) is 7.80. The first-order valence-electron chi connectivity index (χ1n) is 3.73. The van der Waals surface area contributed by atoms with Crippen LogP contribution in [0.3, 0.4) is 0 Å². The number of aliphatic hydroxyl groups excluding tert-OH is 1. The third kappa shape index (κ3) is 0.734. The van der Waals surface area contributed by atoms with E-state index in [1.54, 1.807) is 0 Å². The Morgan fingerprint density at radius 3 is 2.00 bits per heavy atom. The smallest absolute Gasteiger partial charge is 0.0529 e. The monoisotopic (exact) mass is 140 g/mol. The van der Waals surface area contributed by atoms with Crippen LogP contribution in [0, 0.1) is 10.8 Å². The van der Waals surface area contributed by atoms with Crippen molar-refractivity contribution in [3.63, 3.8) is 0 Å². The van der Waals surface area contributed by atoms with Gasteiger partial charge in [-0.05, 0) is 18.8 Å². The maximum atomic E-state index is 9.10. The van der Waals surface area contributed by atoms with Gasteiger partial charge in [0.1, 0.15) is 0 Å². The lowest BCUT2D eigenvalue weighted by molar-refractivity contribution is 0.207. The fraction of sp³-hybridized carbons (Fsp3) is 0.778. The Morgan fingerprint density at radius 1 is 1.60 bits per heavy atom. The van der Waals surface area contributed by atoms with Crippen molar-refractivity contribution in [3.8, 4) is 0 Å². The summed E-state index contributed by atoms with van der Waals surface area (Å²) in [6.45, 7) is 10.5. The molecule has 1 fully saturated rings. The van der Waals surface area contributed by atoms with Crippen molar-refractivity contribution in [1.82, 2.24) is 0 Å². The summed E-state index contributed by atoms with van der Waals surface area (Å²) in [5.74, 6) is 0. The SMILES string of the molecule is C=C(C)C1(CO)CC1(C)C. The Bertz CT molecular complexity index is 170. The zero-order valence-corrected chi connectivity index (χ0v) is 7.07. The zero-order valence-electron chi connectivity index (χ0n) is 7.07.